The molecule has 1 aliphatic heterocycles. The van der Waals surface area contributed by atoms with E-state index in [0.717, 1.165) is 0 Å². The lowest BCUT2D eigenvalue weighted by Crippen LogP contribution is -2.45. The lowest BCUT2D eigenvalue weighted by molar-refractivity contribution is -0.152. The molecule has 3 N–H and O–H groups in total. The summed E-state index contributed by atoms with van der Waals surface area (Å²) >= 11 is 0. The molecule has 0 saturated carbocycles. The second-order valence-corrected chi connectivity index (χ2v) is 5.68. The van der Waals surface area contributed by atoms with Crippen LogP contribution in [0.4, 0.5) is 5.69 Å². The summed E-state index contributed by atoms with van der Waals surface area (Å²) in [6, 6.07) is 6.20. The molecule has 8 heteroatoms. The number of likely N-dealkylation sites (tertiary alicyclic amines) is 1. The highest BCUT2D eigenvalue weighted by atomic mass is 16.5. The normalized spacial score (nSPS) is 14.7. The minimum atomic E-state index is -0.844. The Bertz CT molecular complexity index is 681. The third-order valence-electron chi connectivity index (χ3n) is 4.04. The summed E-state index contributed by atoms with van der Waals surface area (Å²) in [5.41, 5.74) is 5.57. The van der Waals surface area contributed by atoms with E-state index in [2.05, 4.69) is 5.32 Å². The third-order valence-corrected chi connectivity index (χ3v) is 4.04. The van der Waals surface area contributed by atoms with E-state index in [4.69, 9.17) is 10.5 Å². The Morgan fingerprint density at radius 3 is 2.44 bits per heavy atom. The van der Waals surface area contributed by atoms with Gasteiger partial charge in [-0.25, -0.2) is 0 Å². The maximum atomic E-state index is 12.3. The standard InChI is InChI=1S/C17H21N3O5/c1-2-25-17(24)11-7-9-20(10-8-11)16(23)15(22)19-13-6-4-3-5-12(13)14(18)21/h3-6,11H,2,7-10H2,1H3,(H2,18,21)(H,19,22). The predicted octanol–water partition coefficient (Wildman–Crippen LogP) is 0.526. The molecule has 134 valence electrons. The monoisotopic (exact) mass is 347 g/mol. The average Bonchev–Trinajstić information content (AvgIpc) is 2.61. The van der Waals surface area contributed by atoms with Crippen LogP contribution in [0.2, 0.25) is 0 Å². The van der Waals surface area contributed by atoms with Crippen molar-refractivity contribution in [2.24, 2.45) is 11.7 Å². The first-order valence-corrected chi connectivity index (χ1v) is 8.09. The predicted molar refractivity (Wildman–Crippen MR) is 89.5 cm³/mol. The lowest BCUT2D eigenvalue weighted by Gasteiger charge is -2.30. The van der Waals surface area contributed by atoms with Gasteiger partial charge in [0.25, 0.3) is 5.91 Å². The van der Waals surface area contributed by atoms with Gasteiger partial charge in [-0.2, -0.15) is 0 Å². The van der Waals surface area contributed by atoms with Crippen molar-refractivity contribution in [3.63, 3.8) is 0 Å². The lowest BCUT2D eigenvalue weighted by atomic mass is 9.97. The Kier molecular flexibility index (Phi) is 6.10. The van der Waals surface area contributed by atoms with Gasteiger partial charge in [-0.1, -0.05) is 12.1 Å². The Hall–Kier alpha value is -2.90. The fraction of sp³-hybridized carbons (Fsp3) is 0.412. The molecule has 0 unspecified atom stereocenters. The van der Waals surface area contributed by atoms with Crippen LogP contribution in [0.15, 0.2) is 24.3 Å². The van der Waals surface area contributed by atoms with Crippen molar-refractivity contribution >= 4 is 29.4 Å². The highest BCUT2D eigenvalue weighted by Gasteiger charge is 2.31. The average molecular weight is 347 g/mol. The van der Waals surface area contributed by atoms with Gasteiger partial charge < -0.3 is 20.7 Å². The molecule has 0 atom stereocenters. The van der Waals surface area contributed by atoms with E-state index in [1.807, 2.05) is 0 Å². The summed E-state index contributed by atoms with van der Waals surface area (Å²) in [7, 11) is 0. The van der Waals surface area contributed by atoms with E-state index >= 15 is 0 Å². The zero-order valence-electron chi connectivity index (χ0n) is 14.0. The highest BCUT2D eigenvalue weighted by molar-refractivity contribution is 6.39. The number of carbonyl (C=O) groups is 4. The second-order valence-electron chi connectivity index (χ2n) is 5.68. The first-order chi connectivity index (χ1) is 11.9. The fourth-order valence-electron chi connectivity index (χ4n) is 2.70. The van der Waals surface area contributed by atoms with Gasteiger partial charge in [-0.05, 0) is 31.9 Å². The van der Waals surface area contributed by atoms with Crippen LogP contribution in [0.25, 0.3) is 0 Å². The minimum Gasteiger partial charge on any atom is -0.466 e. The molecule has 1 fully saturated rings. The van der Waals surface area contributed by atoms with Gasteiger partial charge >= 0.3 is 17.8 Å². The van der Waals surface area contributed by atoms with E-state index in [9.17, 15) is 19.2 Å². The SMILES string of the molecule is CCOC(=O)C1CCN(C(=O)C(=O)Nc2ccccc2C(N)=O)CC1. The van der Waals surface area contributed by atoms with Gasteiger partial charge in [-0.15, -0.1) is 0 Å². The number of nitrogens with one attached hydrogen (secondary N) is 1. The molecule has 0 aromatic heterocycles. The number of nitrogens with zero attached hydrogens (tertiary/aromatic N) is 1. The van der Waals surface area contributed by atoms with Crippen molar-refractivity contribution in [1.82, 2.24) is 4.90 Å². The van der Waals surface area contributed by atoms with E-state index < -0.39 is 17.7 Å². The topological polar surface area (TPSA) is 119 Å². The summed E-state index contributed by atoms with van der Waals surface area (Å²) in [6.45, 7) is 2.66. The summed E-state index contributed by atoms with van der Waals surface area (Å²) < 4.78 is 4.97. The number of amides is 3. The minimum absolute atomic E-state index is 0.129. The Morgan fingerprint density at radius 2 is 1.84 bits per heavy atom. The first kappa shape index (κ1) is 18.4. The Morgan fingerprint density at radius 1 is 1.20 bits per heavy atom. The van der Waals surface area contributed by atoms with Crippen LogP contribution in [-0.4, -0.2) is 48.3 Å². The zero-order valence-corrected chi connectivity index (χ0v) is 14.0. The second kappa shape index (κ2) is 8.27. The number of esters is 1. The number of nitrogens with two attached hydrogens (primary N) is 1. The molecule has 1 aromatic rings. The molecule has 1 aliphatic rings. The number of hydrogen-bond acceptors (Lipinski definition) is 5. The van der Waals surface area contributed by atoms with Crippen LogP contribution in [0.3, 0.4) is 0 Å². The molecule has 0 aliphatic carbocycles. The van der Waals surface area contributed by atoms with E-state index in [-0.39, 0.29) is 23.1 Å². The number of hydrogen-bond donors (Lipinski definition) is 2. The van der Waals surface area contributed by atoms with Gasteiger partial charge in [0, 0.05) is 13.1 Å². The summed E-state index contributed by atoms with van der Waals surface area (Å²) in [4.78, 5) is 48.9. The molecule has 8 nitrogen and oxygen atoms in total. The van der Waals surface area contributed by atoms with Crippen LogP contribution in [-0.2, 0) is 19.1 Å². The van der Waals surface area contributed by atoms with Crippen molar-refractivity contribution in [3.8, 4) is 0 Å². The van der Waals surface area contributed by atoms with Crippen molar-refractivity contribution in [1.29, 1.82) is 0 Å². The molecule has 0 radical (unpaired) electrons. The summed E-state index contributed by atoms with van der Waals surface area (Å²) in [5, 5.41) is 2.42. The molecule has 1 saturated heterocycles. The van der Waals surface area contributed by atoms with Crippen LogP contribution >= 0.6 is 0 Å². The maximum absolute atomic E-state index is 12.3. The van der Waals surface area contributed by atoms with Crippen LogP contribution < -0.4 is 11.1 Å². The summed E-state index contributed by atoms with van der Waals surface area (Å²) in [6.07, 6.45) is 0.908. The van der Waals surface area contributed by atoms with Crippen molar-refractivity contribution in [2.75, 3.05) is 25.0 Å². The number of primary amides is 1. The molecule has 1 heterocycles. The van der Waals surface area contributed by atoms with Gasteiger partial charge in [0.1, 0.15) is 0 Å². The zero-order chi connectivity index (χ0) is 18.4. The highest BCUT2D eigenvalue weighted by Crippen LogP contribution is 2.19. The van der Waals surface area contributed by atoms with Crippen LogP contribution in [0.5, 0.6) is 0 Å². The maximum Gasteiger partial charge on any atom is 0.313 e. The molecule has 2 rings (SSSR count). The van der Waals surface area contributed by atoms with Gasteiger partial charge in [0.15, 0.2) is 0 Å². The molecule has 25 heavy (non-hydrogen) atoms. The number of ether oxygens (including phenoxy) is 1. The Labute approximate surface area is 145 Å². The van der Waals surface area contributed by atoms with Crippen LogP contribution in [0, 0.1) is 5.92 Å². The van der Waals surface area contributed by atoms with Gasteiger partial charge in [0.05, 0.1) is 23.8 Å². The third kappa shape index (κ3) is 4.56. The quantitative estimate of drug-likeness (QED) is 0.608. The summed E-state index contributed by atoms with van der Waals surface area (Å²) in [5.74, 6) is -2.76. The van der Waals surface area contributed by atoms with E-state index in [1.54, 1.807) is 19.1 Å². The van der Waals surface area contributed by atoms with E-state index in [0.29, 0.717) is 32.5 Å². The Balaban J connectivity index is 1.95. The largest absolute Gasteiger partial charge is 0.466 e. The molecule has 3 amide bonds. The number of para-hydroxylation sites is 1. The van der Waals surface area contributed by atoms with Crippen LogP contribution in [0.1, 0.15) is 30.1 Å². The number of rotatable bonds is 4. The van der Waals surface area contributed by atoms with Gasteiger partial charge in [-0.3, -0.25) is 19.2 Å². The number of piperidine rings is 1. The first-order valence-electron chi connectivity index (χ1n) is 8.09. The molecule has 0 spiro atoms. The number of carbonyl (C=O) groups excluding carboxylic acids is 4. The van der Waals surface area contributed by atoms with Gasteiger partial charge in [0.2, 0.25) is 0 Å². The molecule has 1 aromatic carbocycles. The smallest absolute Gasteiger partial charge is 0.313 e. The molecule has 0 bridgehead atoms. The van der Waals surface area contributed by atoms with E-state index in [1.165, 1.54) is 17.0 Å². The fourth-order valence-corrected chi connectivity index (χ4v) is 2.70. The number of anilines is 1. The van der Waals surface area contributed by atoms with Crippen molar-refractivity contribution < 1.29 is 23.9 Å². The number of benzene rings is 1. The van der Waals surface area contributed by atoms with Crippen molar-refractivity contribution in [2.45, 2.75) is 19.8 Å². The molecular weight excluding hydrogens is 326 g/mol. The molecular formula is C17H21N3O5. The van der Waals surface area contributed by atoms with Crippen molar-refractivity contribution in [3.05, 3.63) is 29.8 Å².